The summed E-state index contributed by atoms with van der Waals surface area (Å²) >= 11 is 0.971. The maximum Gasteiger partial charge on any atom is 0.416 e. The normalized spacial score (nSPS) is 12.7. The van der Waals surface area contributed by atoms with Crippen LogP contribution >= 0.6 is 11.8 Å². The van der Waals surface area contributed by atoms with E-state index in [4.69, 9.17) is 4.42 Å². The first-order valence-corrected chi connectivity index (χ1v) is 9.31. The second-order valence-corrected chi connectivity index (χ2v) is 7.11. The van der Waals surface area contributed by atoms with E-state index in [1.807, 2.05) is 6.07 Å². The van der Waals surface area contributed by atoms with Gasteiger partial charge in [0.2, 0.25) is 0 Å². The van der Waals surface area contributed by atoms with Crippen molar-refractivity contribution in [1.29, 1.82) is 0 Å². The summed E-state index contributed by atoms with van der Waals surface area (Å²) in [6.07, 6.45) is -4.06. The van der Waals surface area contributed by atoms with E-state index >= 15 is 0 Å². The van der Waals surface area contributed by atoms with Crippen LogP contribution in [0.3, 0.4) is 0 Å². The number of aliphatic carboxylic acids is 1. The molecule has 2 aromatic carbocycles. The average Bonchev–Trinajstić information content (AvgIpc) is 3.10. The molecular formula is C20H16F3NO3S. The minimum Gasteiger partial charge on any atom is -0.480 e. The largest absolute Gasteiger partial charge is 0.480 e. The van der Waals surface area contributed by atoms with Crippen LogP contribution in [0.25, 0.3) is 22.6 Å². The minimum atomic E-state index is -4.43. The van der Waals surface area contributed by atoms with E-state index in [9.17, 15) is 23.1 Å². The number of aromatic nitrogens is 1. The van der Waals surface area contributed by atoms with Gasteiger partial charge in [0, 0.05) is 11.1 Å². The molecule has 0 saturated heterocycles. The van der Waals surface area contributed by atoms with Crippen molar-refractivity contribution in [2.75, 3.05) is 0 Å². The fourth-order valence-electron chi connectivity index (χ4n) is 2.58. The van der Waals surface area contributed by atoms with E-state index in [1.165, 1.54) is 12.1 Å². The number of nitrogens with zero attached hydrogens (tertiary/aromatic N) is 1. The average molecular weight is 407 g/mol. The highest BCUT2D eigenvalue weighted by molar-refractivity contribution is 8.00. The molecule has 4 nitrogen and oxygen atoms in total. The van der Waals surface area contributed by atoms with E-state index in [0.717, 1.165) is 23.9 Å². The van der Waals surface area contributed by atoms with Gasteiger partial charge in [-0.3, -0.25) is 4.79 Å². The lowest BCUT2D eigenvalue weighted by atomic mass is 10.0. The molecule has 1 heterocycles. The standard InChI is InChI=1S/C20H16F3NO3S/c1-2-15(18(25)26)28-19-24-16(17(27-19)13-6-4-3-5-7-13)12-8-10-14(11-9-12)20(21,22)23/h3-11,15H,2H2,1H3,(H,25,26). The van der Waals surface area contributed by atoms with Crippen LogP contribution in [0.2, 0.25) is 0 Å². The lowest BCUT2D eigenvalue weighted by Gasteiger charge is -2.07. The van der Waals surface area contributed by atoms with Gasteiger partial charge in [-0.25, -0.2) is 4.98 Å². The Balaban J connectivity index is 2.04. The number of hydrogen-bond donors (Lipinski definition) is 1. The number of thioether (sulfide) groups is 1. The highest BCUT2D eigenvalue weighted by Gasteiger charge is 2.30. The van der Waals surface area contributed by atoms with Crippen LogP contribution in [0, 0.1) is 0 Å². The zero-order valence-corrected chi connectivity index (χ0v) is 15.6. The fraction of sp³-hybridized carbons (Fsp3) is 0.200. The lowest BCUT2D eigenvalue weighted by molar-refractivity contribution is -0.138. The Labute approximate surface area is 163 Å². The van der Waals surface area contributed by atoms with Crippen LogP contribution in [-0.4, -0.2) is 21.3 Å². The lowest BCUT2D eigenvalue weighted by Crippen LogP contribution is -2.14. The van der Waals surface area contributed by atoms with Gasteiger partial charge < -0.3 is 9.52 Å². The molecule has 28 heavy (non-hydrogen) atoms. The van der Waals surface area contributed by atoms with Crippen molar-refractivity contribution >= 4 is 17.7 Å². The molecule has 3 aromatic rings. The van der Waals surface area contributed by atoms with Crippen molar-refractivity contribution in [1.82, 2.24) is 4.98 Å². The van der Waals surface area contributed by atoms with Crippen LogP contribution < -0.4 is 0 Å². The van der Waals surface area contributed by atoms with E-state index in [1.54, 1.807) is 31.2 Å². The van der Waals surface area contributed by atoms with Crippen LogP contribution in [0.5, 0.6) is 0 Å². The molecule has 1 N–H and O–H groups in total. The summed E-state index contributed by atoms with van der Waals surface area (Å²) in [6, 6.07) is 13.6. The SMILES string of the molecule is CCC(Sc1nc(-c2ccc(C(F)(F)F)cc2)c(-c2ccccc2)o1)C(=O)O. The van der Waals surface area contributed by atoms with E-state index < -0.39 is 23.0 Å². The summed E-state index contributed by atoms with van der Waals surface area (Å²) in [4.78, 5) is 15.7. The second kappa shape index (κ2) is 8.10. The summed E-state index contributed by atoms with van der Waals surface area (Å²) in [5.74, 6) is -0.605. The molecule has 0 spiro atoms. The number of carboxylic acid groups (broad SMARTS) is 1. The Morgan fingerprint density at radius 3 is 2.29 bits per heavy atom. The molecule has 0 saturated carbocycles. The predicted octanol–water partition coefficient (Wildman–Crippen LogP) is 5.98. The van der Waals surface area contributed by atoms with Crippen LogP contribution in [0.15, 0.2) is 64.2 Å². The summed E-state index contributed by atoms with van der Waals surface area (Å²) in [5.41, 5.74) is 0.751. The molecule has 0 amide bonds. The molecule has 1 aromatic heterocycles. The van der Waals surface area contributed by atoms with Crippen LogP contribution in [-0.2, 0) is 11.0 Å². The third-order valence-electron chi connectivity index (χ3n) is 4.02. The molecule has 0 bridgehead atoms. The molecule has 0 aliphatic heterocycles. The first kappa shape index (κ1) is 20.0. The summed E-state index contributed by atoms with van der Waals surface area (Å²) < 4.78 is 44.3. The maximum atomic E-state index is 12.8. The van der Waals surface area contributed by atoms with Crippen LogP contribution in [0.4, 0.5) is 13.2 Å². The number of oxazole rings is 1. The third-order valence-corrected chi connectivity index (χ3v) is 5.21. The highest BCUT2D eigenvalue weighted by Crippen LogP contribution is 2.38. The number of carbonyl (C=O) groups is 1. The van der Waals surface area contributed by atoms with Crippen LogP contribution in [0.1, 0.15) is 18.9 Å². The summed E-state index contributed by atoms with van der Waals surface area (Å²) in [6.45, 7) is 1.74. The van der Waals surface area contributed by atoms with Gasteiger partial charge in [-0.15, -0.1) is 0 Å². The Bertz CT molecular complexity index is 953. The molecule has 146 valence electrons. The molecular weight excluding hydrogens is 391 g/mol. The van der Waals surface area contributed by atoms with E-state index in [2.05, 4.69) is 4.98 Å². The van der Waals surface area contributed by atoms with Gasteiger partial charge >= 0.3 is 12.1 Å². The Kier molecular flexibility index (Phi) is 5.79. The van der Waals surface area contributed by atoms with Gasteiger partial charge in [0.25, 0.3) is 5.22 Å². The molecule has 8 heteroatoms. The Morgan fingerprint density at radius 1 is 1.11 bits per heavy atom. The maximum absolute atomic E-state index is 12.8. The number of halogens is 3. The molecule has 1 atom stereocenters. The van der Waals surface area contributed by atoms with Crippen molar-refractivity contribution in [2.45, 2.75) is 30.0 Å². The number of carboxylic acids is 1. The van der Waals surface area contributed by atoms with Gasteiger partial charge in [-0.05, 0) is 18.6 Å². The smallest absolute Gasteiger partial charge is 0.416 e. The molecule has 0 radical (unpaired) electrons. The molecule has 0 fully saturated rings. The zero-order valence-electron chi connectivity index (χ0n) is 14.7. The molecule has 3 rings (SSSR count). The Hall–Kier alpha value is -2.74. The molecule has 0 aliphatic carbocycles. The quantitative estimate of drug-likeness (QED) is 0.509. The highest BCUT2D eigenvalue weighted by atomic mass is 32.2. The summed E-state index contributed by atoms with van der Waals surface area (Å²) in [5, 5.41) is 8.68. The predicted molar refractivity (Wildman–Crippen MR) is 99.9 cm³/mol. The van der Waals surface area contributed by atoms with Gasteiger partial charge in [0.1, 0.15) is 10.9 Å². The second-order valence-electron chi connectivity index (χ2n) is 5.95. The van der Waals surface area contributed by atoms with Gasteiger partial charge in [0.15, 0.2) is 5.76 Å². The van der Waals surface area contributed by atoms with Crippen molar-refractivity contribution in [3.8, 4) is 22.6 Å². The van der Waals surface area contributed by atoms with E-state index in [0.29, 0.717) is 29.0 Å². The number of benzene rings is 2. The fourth-order valence-corrected chi connectivity index (χ4v) is 3.37. The minimum absolute atomic E-state index is 0.156. The summed E-state index contributed by atoms with van der Waals surface area (Å²) in [7, 11) is 0. The van der Waals surface area contributed by atoms with Gasteiger partial charge in [0.05, 0.1) is 5.56 Å². The first-order chi connectivity index (χ1) is 13.3. The zero-order chi connectivity index (χ0) is 20.3. The Morgan fingerprint density at radius 2 is 1.75 bits per heavy atom. The van der Waals surface area contributed by atoms with Crippen molar-refractivity contribution in [3.05, 3.63) is 60.2 Å². The topological polar surface area (TPSA) is 63.3 Å². The molecule has 0 aliphatic rings. The molecule has 1 unspecified atom stereocenters. The number of rotatable bonds is 6. The number of alkyl halides is 3. The van der Waals surface area contributed by atoms with Crippen molar-refractivity contribution < 1.29 is 27.5 Å². The number of hydrogen-bond acceptors (Lipinski definition) is 4. The third kappa shape index (κ3) is 4.39. The first-order valence-electron chi connectivity index (χ1n) is 8.43. The van der Waals surface area contributed by atoms with Gasteiger partial charge in [-0.2, -0.15) is 13.2 Å². The van der Waals surface area contributed by atoms with Crippen molar-refractivity contribution in [3.63, 3.8) is 0 Å². The van der Waals surface area contributed by atoms with E-state index in [-0.39, 0.29) is 5.22 Å². The van der Waals surface area contributed by atoms with Gasteiger partial charge in [-0.1, -0.05) is 61.2 Å². The van der Waals surface area contributed by atoms with Crippen molar-refractivity contribution in [2.24, 2.45) is 0 Å². The monoisotopic (exact) mass is 407 g/mol.